The summed E-state index contributed by atoms with van der Waals surface area (Å²) in [4.78, 5) is 2.54. The lowest BCUT2D eigenvalue weighted by Crippen LogP contribution is -2.39. The van der Waals surface area contributed by atoms with Crippen molar-refractivity contribution in [2.24, 2.45) is 11.1 Å². The Morgan fingerprint density at radius 3 is 2.73 bits per heavy atom. The summed E-state index contributed by atoms with van der Waals surface area (Å²) in [6, 6.07) is 0. The number of piperidine rings is 1. The summed E-state index contributed by atoms with van der Waals surface area (Å²) in [5.41, 5.74) is 6.30. The minimum Gasteiger partial charge on any atom is -0.329 e. The first-order chi connectivity index (χ1) is 5.35. The fraction of sp³-hybridized carbons (Fsp3) is 1.00. The van der Waals surface area contributed by atoms with Gasteiger partial charge in [-0.05, 0) is 37.6 Å². The Morgan fingerprint density at radius 2 is 2.09 bits per heavy atom. The number of nitrogens with two attached hydrogens (primary N) is 1. The van der Waals surface area contributed by atoms with Gasteiger partial charge in [0.25, 0.3) is 0 Å². The van der Waals surface area contributed by atoms with Crippen LogP contribution in [0, 0.1) is 5.41 Å². The van der Waals surface area contributed by atoms with Crippen LogP contribution in [0.25, 0.3) is 0 Å². The molecule has 0 aromatic rings. The van der Waals surface area contributed by atoms with Crippen molar-refractivity contribution >= 4 is 0 Å². The molecule has 2 N–H and O–H groups in total. The molecule has 0 radical (unpaired) electrons. The first-order valence-corrected chi connectivity index (χ1v) is 4.77. The van der Waals surface area contributed by atoms with E-state index >= 15 is 0 Å². The van der Waals surface area contributed by atoms with Crippen molar-refractivity contribution in [1.29, 1.82) is 0 Å². The molecular formula is C9H18N2. The third-order valence-electron chi connectivity index (χ3n) is 3.14. The molecule has 0 amide bonds. The van der Waals surface area contributed by atoms with E-state index in [0.29, 0.717) is 0 Å². The average Bonchev–Trinajstić information content (AvgIpc) is 2.70. The SMILES string of the molecule is NCCN1CCCC2(CC2)C1. The second kappa shape index (κ2) is 2.76. The second-order valence-electron chi connectivity index (χ2n) is 4.17. The zero-order chi connectivity index (χ0) is 7.73. The van der Waals surface area contributed by atoms with E-state index in [9.17, 15) is 0 Å². The fourth-order valence-corrected chi connectivity index (χ4v) is 2.27. The Labute approximate surface area is 68.7 Å². The maximum Gasteiger partial charge on any atom is 0.0105 e. The van der Waals surface area contributed by atoms with Gasteiger partial charge >= 0.3 is 0 Å². The van der Waals surface area contributed by atoms with E-state index < -0.39 is 0 Å². The van der Waals surface area contributed by atoms with Gasteiger partial charge in [0.05, 0.1) is 0 Å². The number of likely N-dealkylation sites (tertiary alicyclic amines) is 1. The number of hydrogen-bond acceptors (Lipinski definition) is 2. The molecule has 1 heterocycles. The van der Waals surface area contributed by atoms with Crippen molar-refractivity contribution in [2.75, 3.05) is 26.2 Å². The van der Waals surface area contributed by atoms with E-state index in [1.165, 1.54) is 38.8 Å². The van der Waals surface area contributed by atoms with Gasteiger partial charge < -0.3 is 10.6 Å². The molecule has 1 spiro atoms. The van der Waals surface area contributed by atoms with Crippen LogP contribution in [0.1, 0.15) is 25.7 Å². The van der Waals surface area contributed by atoms with Gasteiger partial charge in [-0.25, -0.2) is 0 Å². The highest BCUT2D eigenvalue weighted by atomic mass is 15.1. The van der Waals surface area contributed by atoms with E-state index in [-0.39, 0.29) is 0 Å². The van der Waals surface area contributed by atoms with Gasteiger partial charge in [0.15, 0.2) is 0 Å². The average molecular weight is 154 g/mol. The molecule has 0 aromatic carbocycles. The number of rotatable bonds is 2. The van der Waals surface area contributed by atoms with Crippen LogP contribution in [0.5, 0.6) is 0 Å². The fourth-order valence-electron chi connectivity index (χ4n) is 2.27. The molecule has 0 aromatic heterocycles. The Hall–Kier alpha value is -0.0800. The van der Waals surface area contributed by atoms with Crippen LogP contribution < -0.4 is 5.73 Å². The predicted octanol–water partition coefficient (Wildman–Crippen LogP) is 0.821. The molecule has 0 atom stereocenters. The maximum absolute atomic E-state index is 5.53. The normalized spacial score (nSPS) is 29.2. The molecule has 64 valence electrons. The standard InChI is InChI=1S/C9H18N2/c10-5-7-11-6-1-2-9(8-11)3-4-9/h1-8,10H2. The number of nitrogens with zero attached hydrogens (tertiary/aromatic N) is 1. The van der Waals surface area contributed by atoms with Gasteiger partial charge in [0.2, 0.25) is 0 Å². The summed E-state index contributed by atoms with van der Waals surface area (Å²) in [6.07, 6.45) is 5.84. The van der Waals surface area contributed by atoms with Crippen LogP contribution >= 0.6 is 0 Å². The van der Waals surface area contributed by atoms with Gasteiger partial charge in [-0.1, -0.05) is 0 Å². The van der Waals surface area contributed by atoms with Crippen molar-refractivity contribution in [1.82, 2.24) is 4.90 Å². The summed E-state index contributed by atoms with van der Waals surface area (Å²) >= 11 is 0. The van der Waals surface area contributed by atoms with Crippen LogP contribution in [0.3, 0.4) is 0 Å². The topological polar surface area (TPSA) is 29.3 Å². The highest BCUT2D eigenvalue weighted by molar-refractivity contribution is 4.97. The third kappa shape index (κ3) is 1.57. The summed E-state index contributed by atoms with van der Waals surface area (Å²) < 4.78 is 0. The Balaban J connectivity index is 1.83. The van der Waals surface area contributed by atoms with Gasteiger partial charge in [-0.3, -0.25) is 0 Å². The summed E-state index contributed by atoms with van der Waals surface area (Å²) in [5, 5.41) is 0. The van der Waals surface area contributed by atoms with Crippen molar-refractivity contribution in [3.8, 4) is 0 Å². The summed E-state index contributed by atoms with van der Waals surface area (Å²) in [6.45, 7) is 4.57. The minimum atomic E-state index is 0.771. The molecule has 2 rings (SSSR count). The Bertz CT molecular complexity index is 138. The quantitative estimate of drug-likeness (QED) is 0.638. The zero-order valence-electron chi connectivity index (χ0n) is 7.18. The van der Waals surface area contributed by atoms with Gasteiger partial charge in [0.1, 0.15) is 0 Å². The number of hydrogen-bond donors (Lipinski definition) is 1. The molecule has 2 heteroatoms. The van der Waals surface area contributed by atoms with E-state index in [2.05, 4.69) is 4.90 Å². The van der Waals surface area contributed by atoms with Crippen molar-refractivity contribution < 1.29 is 0 Å². The minimum absolute atomic E-state index is 0.771. The van der Waals surface area contributed by atoms with Crippen LogP contribution in [0.15, 0.2) is 0 Å². The molecule has 2 fully saturated rings. The molecule has 2 nitrogen and oxygen atoms in total. The monoisotopic (exact) mass is 154 g/mol. The van der Waals surface area contributed by atoms with E-state index in [0.717, 1.165) is 18.5 Å². The van der Waals surface area contributed by atoms with E-state index in [4.69, 9.17) is 5.73 Å². The Morgan fingerprint density at radius 1 is 1.27 bits per heavy atom. The van der Waals surface area contributed by atoms with Crippen molar-refractivity contribution in [2.45, 2.75) is 25.7 Å². The first kappa shape index (κ1) is 7.56. The Kier molecular flexibility index (Phi) is 1.90. The molecule has 0 bridgehead atoms. The largest absolute Gasteiger partial charge is 0.329 e. The van der Waals surface area contributed by atoms with Crippen LogP contribution in [0.2, 0.25) is 0 Å². The molecule has 2 aliphatic rings. The van der Waals surface area contributed by atoms with E-state index in [1.807, 2.05) is 0 Å². The lowest BCUT2D eigenvalue weighted by Gasteiger charge is -2.32. The van der Waals surface area contributed by atoms with Gasteiger partial charge in [-0.2, -0.15) is 0 Å². The summed E-state index contributed by atoms with van der Waals surface area (Å²) in [7, 11) is 0. The van der Waals surface area contributed by atoms with Crippen molar-refractivity contribution in [3.63, 3.8) is 0 Å². The summed E-state index contributed by atoms with van der Waals surface area (Å²) in [5.74, 6) is 0. The zero-order valence-corrected chi connectivity index (χ0v) is 7.18. The van der Waals surface area contributed by atoms with Crippen molar-refractivity contribution in [3.05, 3.63) is 0 Å². The highest BCUT2D eigenvalue weighted by Gasteiger charge is 2.44. The third-order valence-corrected chi connectivity index (χ3v) is 3.14. The molecule has 1 saturated heterocycles. The van der Waals surface area contributed by atoms with Gasteiger partial charge in [-0.15, -0.1) is 0 Å². The van der Waals surface area contributed by atoms with E-state index in [1.54, 1.807) is 0 Å². The molecule has 1 saturated carbocycles. The molecule has 1 aliphatic carbocycles. The maximum atomic E-state index is 5.53. The molecular weight excluding hydrogens is 136 g/mol. The smallest absolute Gasteiger partial charge is 0.0105 e. The predicted molar refractivity (Wildman–Crippen MR) is 46.4 cm³/mol. The van der Waals surface area contributed by atoms with Gasteiger partial charge in [0, 0.05) is 19.6 Å². The van der Waals surface area contributed by atoms with Crippen LogP contribution in [-0.2, 0) is 0 Å². The lowest BCUT2D eigenvalue weighted by atomic mass is 9.95. The van der Waals surface area contributed by atoms with Crippen LogP contribution in [0.4, 0.5) is 0 Å². The molecule has 1 aliphatic heterocycles. The lowest BCUT2D eigenvalue weighted by molar-refractivity contribution is 0.165. The second-order valence-corrected chi connectivity index (χ2v) is 4.17. The first-order valence-electron chi connectivity index (χ1n) is 4.77. The molecule has 0 unspecified atom stereocenters. The van der Waals surface area contributed by atoms with Crippen LogP contribution in [-0.4, -0.2) is 31.1 Å². The highest BCUT2D eigenvalue weighted by Crippen LogP contribution is 2.51. The molecule has 11 heavy (non-hydrogen) atoms.